The van der Waals surface area contributed by atoms with Crippen LogP contribution in [0, 0.1) is 0 Å². The molecule has 0 spiro atoms. The first-order valence-electron chi connectivity index (χ1n) is 8.09. The summed E-state index contributed by atoms with van der Waals surface area (Å²) in [7, 11) is 0. The Labute approximate surface area is 131 Å². The molecule has 2 aromatic rings. The van der Waals surface area contributed by atoms with Crippen molar-refractivity contribution in [2.75, 3.05) is 11.9 Å². The highest BCUT2D eigenvalue weighted by molar-refractivity contribution is 5.36. The third-order valence-corrected chi connectivity index (χ3v) is 4.26. The number of benzene rings is 1. The Kier molecular flexibility index (Phi) is 5.01. The maximum absolute atomic E-state index is 9.38. The van der Waals surface area contributed by atoms with Crippen molar-refractivity contribution in [3.8, 4) is 0 Å². The molecule has 1 aromatic heterocycles. The zero-order valence-electron chi connectivity index (χ0n) is 12.8. The van der Waals surface area contributed by atoms with Crippen molar-refractivity contribution in [2.45, 2.75) is 44.1 Å². The molecular weight excluding hydrogens is 274 g/mol. The summed E-state index contributed by atoms with van der Waals surface area (Å²) in [6, 6.07) is 12.6. The highest BCUT2D eigenvalue weighted by atomic mass is 16.3. The highest BCUT2D eigenvalue weighted by Crippen LogP contribution is 2.35. The standard InChI is InChI=1S/C18H23N3O/c22-16-10-15(11-16)17-12-18(21-13-20-17)19-9-5-4-8-14-6-2-1-3-7-14/h1-3,6-7,12-13,15-16,22H,4-5,8-11H2,(H,19,20,21). The number of rotatable bonds is 7. The zero-order chi connectivity index (χ0) is 15.2. The second-order valence-corrected chi connectivity index (χ2v) is 6.02. The van der Waals surface area contributed by atoms with Gasteiger partial charge in [0.1, 0.15) is 12.1 Å². The molecule has 22 heavy (non-hydrogen) atoms. The molecule has 1 aromatic carbocycles. The minimum absolute atomic E-state index is 0.144. The Morgan fingerprint density at radius 3 is 2.68 bits per heavy atom. The van der Waals surface area contributed by atoms with Crippen LogP contribution in [0.5, 0.6) is 0 Å². The summed E-state index contributed by atoms with van der Waals surface area (Å²) in [5.41, 5.74) is 2.45. The molecular formula is C18H23N3O. The highest BCUT2D eigenvalue weighted by Gasteiger charge is 2.29. The summed E-state index contributed by atoms with van der Waals surface area (Å²) in [4.78, 5) is 8.59. The number of nitrogens with zero attached hydrogens (tertiary/aromatic N) is 2. The number of aromatic nitrogens is 2. The number of aryl methyl sites for hydroxylation is 1. The van der Waals surface area contributed by atoms with Gasteiger partial charge in [-0.15, -0.1) is 0 Å². The Hall–Kier alpha value is -1.94. The number of aliphatic hydroxyl groups is 1. The van der Waals surface area contributed by atoms with Crippen LogP contribution in [0.2, 0.25) is 0 Å². The number of hydrogen-bond acceptors (Lipinski definition) is 4. The number of nitrogens with one attached hydrogen (secondary N) is 1. The first kappa shape index (κ1) is 15.0. The first-order valence-corrected chi connectivity index (χ1v) is 8.09. The lowest BCUT2D eigenvalue weighted by Crippen LogP contribution is -2.27. The van der Waals surface area contributed by atoms with Gasteiger partial charge in [0.2, 0.25) is 0 Å². The van der Waals surface area contributed by atoms with E-state index in [4.69, 9.17) is 0 Å². The Bertz CT molecular complexity index is 582. The summed E-state index contributed by atoms with van der Waals surface area (Å²) in [6.07, 6.45) is 6.54. The van der Waals surface area contributed by atoms with Gasteiger partial charge in [-0.2, -0.15) is 0 Å². The minimum Gasteiger partial charge on any atom is -0.393 e. The minimum atomic E-state index is -0.144. The molecule has 1 heterocycles. The molecule has 1 aliphatic carbocycles. The predicted octanol–water partition coefficient (Wildman–Crippen LogP) is 3.15. The third-order valence-electron chi connectivity index (χ3n) is 4.26. The predicted molar refractivity (Wildman–Crippen MR) is 87.9 cm³/mol. The third kappa shape index (κ3) is 4.04. The summed E-state index contributed by atoms with van der Waals surface area (Å²) in [5, 5.41) is 12.8. The van der Waals surface area contributed by atoms with Gasteiger partial charge in [-0.1, -0.05) is 30.3 Å². The van der Waals surface area contributed by atoms with E-state index in [1.807, 2.05) is 6.07 Å². The van der Waals surface area contributed by atoms with Crippen LogP contribution < -0.4 is 5.32 Å². The molecule has 1 saturated carbocycles. The normalized spacial score (nSPS) is 20.4. The molecule has 0 amide bonds. The molecule has 0 radical (unpaired) electrons. The Morgan fingerprint density at radius 2 is 1.91 bits per heavy atom. The van der Waals surface area contributed by atoms with Crippen LogP contribution in [0.1, 0.15) is 42.9 Å². The van der Waals surface area contributed by atoms with Gasteiger partial charge in [-0.25, -0.2) is 9.97 Å². The molecule has 3 rings (SSSR count). The van der Waals surface area contributed by atoms with Crippen LogP contribution in [0.4, 0.5) is 5.82 Å². The van der Waals surface area contributed by atoms with E-state index < -0.39 is 0 Å². The largest absolute Gasteiger partial charge is 0.393 e. The van der Waals surface area contributed by atoms with Crippen LogP contribution >= 0.6 is 0 Å². The van der Waals surface area contributed by atoms with Crippen molar-refractivity contribution < 1.29 is 5.11 Å². The van der Waals surface area contributed by atoms with Crippen molar-refractivity contribution in [3.05, 3.63) is 54.0 Å². The van der Waals surface area contributed by atoms with Gasteiger partial charge in [0.15, 0.2) is 0 Å². The topological polar surface area (TPSA) is 58.0 Å². The lowest BCUT2D eigenvalue weighted by Gasteiger charge is -2.30. The molecule has 0 atom stereocenters. The Morgan fingerprint density at radius 1 is 1.09 bits per heavy atom. The smallest absolute Gasteiger partial charge is 0.129 e. The lowest BCUT2D eigenvalue weighted by molar-refractivity contribution is 0.0732. The molecule has 2 N–H and O–H groups in total. The van der Waals surface area contributed by atoms with Crippen LogP contribution in [-0.2, 0) is 6.42 Å². The van der Waals surface area contributed by atoms with Crippen molar-refractivity contribution in [2.24, 2.45) is 0 Å². The van der Waals surface area contributed by atoms with Gasteiger partial charge < -0.3 is 10.4 Å². The maximum atomic E-state index is 9.38. The van der Waals surface area contributed by atoms with Gasteiger partial charge in [-0.05, 0) is 37.7 Å². The van der Waals surface area contributed by atoms with Crippen LogP contribution in [0.15, 0.2) is 42.7 Å². The molecule has 0 bridgehead atoms. The van der Waals surface area contributed by atoms with E-state index in [-0.39, 0.29) is 6.10 Å². The number of hydrogen-bond donors (Lipinski definition) is 2. The quantitative estimate of drug-likeness (QED) is 0.771. The van der Waals surface area contributed by atoms with Crippen LogP contribution in [0.3, 0.4) is 0 Å². The van der Waals surface area contributed by atoms with E-state index in [1.165, 1.54) is 12.0 Å². The molecule has 0 aliphatic heterocycles. The summed E-state index contributed by atoms with van der Waals surface area (Å²) in [6.45, 7) is 0.927. The molecule has 116 valence electrons. The fourth-order valence-electron chi connectivity index (χ4n) is 2.84. The second-order valence-electron chi connectivity index (χ2n) is 6.02. The van der Waals surface area contributed by atoms with Crippen molar-refractivity contribution in [3.63, 3.8) is 0 Å². The molecule has 4 nitrogen and oxygen atoms in total. The van der Waals surface area contributed by atoms with Crippen LogP contribution in [0.25, 0.3) is 0 Å². The van der Waals surface area contributed by atoms with Crippen LogP contribution in [-0.4, -0.2) is 27.7 Å². The average Bonchev–Trinajstić information content (AvgIpc) is 2.53. The van der Waals surface area contributed by atoms with E-state index in [2.05, 4.69) is 45.6 Å². The van der Waals surface area contributed by atoms with E-state index in [0.29, 0.717) is 5.92 Å². The number of anilines is 1. The fourth-order valence-corrected chi connectivity index (χ4v) is 2.84. The molecule has 1 aliphatic rings. The maximum Gasteiger partial charge on any atom is 0.129 e. The van der Waals surface area contributed by atoms with Gasteiger partial charge in [-0.3, -0.25) is 0 Å². The SMILES string of the molecule is OC1CC(c2cc(NCCCCc3ccccc3)ncn2)C1. The second kappa shape index (κ2) is 7.36. The van der Waals surface area contributed by atoms with Crippen molar-refractivity contribution >= 4 is 5.82 Å². The Balaban J connectivity index is 1.39. The van der Waals surface area contributed by atoms with E-state index in [1.54, 1.807) is 6.33 Å². The van der Waals surface area contributed by atoms with Crippen molar-refractivity contribution in [1.82, 2.24) is 9.97 Å². The van der Waals surface area contributed by atoms with E-state index >= 15 is 0 Å². The molecule has 0 unspecified atom stereocenters. The lowest BCUT2D eigenvalue weighted by atomic mass is 9.80. The summed E-state index contributed by atoms with van der Waals surface area (Å²) in [5.74, 6) is 1.29. The van der Waals surface area contributed by atoms with Gasteiger partial charge in [0.25, 0.3) is 0 Å². The number of aliphatic hydroxyl groups excluding tert-OH is 1. The number of unbranched alkanes of at least 4 members (excludes halogenated alkanes) is 1. The van der Waals surface area contributed by atoms with Gasteiger partial charge in [0, 0.05) is 24.2 Å². The van der Waals surface area contributed by atoms with E-state index in [0.717, 1.165) is 43.7 Å². The molecule has 1 fully saturated rings. The van der Waals surface area contributed by atoms with Gasteiger partial charge >= 0.3 is 0 Å². The van der Waals surface area contributed by atoms with E-state index in [9.17, 15) is 5.11 Å². The molecule has 0 saturated heterocycles. The summed E-state index contributed by atoms with van der Waals surface area (Å²) >= 11 is 0. The summed E-state index contributed by atoms with van der Waals surface area (Å²) < 4.78 is 0. The monoisotopic (exact) mass is 297 g/mol. The molecule has 4 heteroatoms. The van der Waals surface area contributed by atoms with Crippen molar-refractivity contribution in [1.29, 1.82) is 0 Å². The average molecular weight is 297 g/mol. The van der Waals surface area contributed by atoms with Gasteiger partial charge in [0.05, 0.1) is 6.10 Å². The zero-order valence-corrected chi connectivity index (χ0v) is 12.8. The first-order chi connectivity index (χ1) is 10.8. The fraction of sp³-hybridized carbons (Fsp3) is 0.444.